The quantitative estimate of drug-likeness (QED) is 0.587. The van der Waals surface area contributed by atoms with Crippen LogP contribution in [-0.4, -0.2) is 42.4 Å². The zero-order chi connectivity index (χ0) is 22.2. The van der Waals surface area contributed by atoms with Crippen molar-refractivity contribution in [1.82, 2.24) is 8.87 Å². The van der Waals surface area contributed by atoms with Gasteiger partial charge in [0.25, 0.3) is 5.91 Å². The van der Waals surface area contributed by atoms with E-state index in [1.54, 1.807) is 24.3 Å². The van der Waals surface area contributed by atoms with Crippen LogP contribution in [0.4, 0.5) is 0 Å². The highest BCUT2D eigenvalue weighted by Gasteiger charge is 2.39. The molecule has 1 unspecified atom stereocenters. The third-order valence-corrected chi connectivity index (χ3v) is 8.43. The van der Waals surface area contributed by atoms with Gasteiger partial charge in [-0.2, -0.15) is 9.30 Å². The first-order chi connectivity index (χ1) is 14.8. The SMILES string of the molecule is CCOc1ccc2c(c1)sc(=NC(=O)C1CCCN1S(=O)(=O)c1ccc(C)cc1)n2C. The predicted octanol–water partition coefficient (Wildman–Crippen LogP) is 3.23. The number of hydrogen-bond donors (Lipinski definition) is 0. The molecule has 2 heterocycles. The Morgan fingerprint density at radius 2 is 1.97 bits per heavy atom. The number of ether oxygens (including phenoxy) is 1. The normalized spacial score (nSPS) is 18.0. The number of aryl methyl sites for hydroxylation is 2. The fraction of sp³-hybridized carbons (Fsp3) is 0.364. The molecular weight excluding hydrogens is 434 g/mol. The monoisotopic (exact) mass is 459 g/mol. The third-order valence-electron chi connectivity index (χ3n) is 5.41. The van der Waals surface area contributed by atoms with Gasteiger partial charge in [-0.3, -0.25) is 4.79 Å². The van der Waals surface area contributed by atoms with Gasteiger partial charge in [-0.25, -0.2) is 8.42 Å². The fourth-order valence-electron chi connectivity index (χ4n) is 3.77. The van der Waals surface area contributed by atoms with Crippen molar-refractivity contribution in [2.45, 2.75) is 37.6 Å². The lowest BCUT2D eigenvalue weighted by Crippen LogP contribution is -2.40. The Balaban J connectivity index is 1.66. The summed E-state index contributed by atoms with van der Waals surface area (Å²) in [5.74, 6) is 0.335. The third kappa shape index (κ3) is 4.17. The van der Waals surface area contributed by atoms with Crippen LogP contribution in [0.25, 0.3) is 10.2 Å². The average Bonchev–Trinajstić information content (AvgIpc) is 3.35. The Kier molecular flexibility index (Phi) is 6.00. The van der Waals surface area contributed by atoms with Gasteiger partial charge in [-0.05, 0) is 57.0 Å². The number of carbonyl (C=O) groups is 1. The maximum absolute atomic E-state index is 13.1. The molecule has 1 amide bonds. The number of sulfonamides is 1. The number of thiazole rings is 1. The van der Waals surface area contributed by atoms with Crippen molar-refractivity contribution in [2.24, 2.45) is 12.0 Å². The number of carbonyl (C=O) groups excluding carboxylic acids is 1. The molecule has 4 rings (SSSR count). The molecule has 0 N–H and O–H groups in total. The number of rotatable bonds is 5. The van der Waals surface area contributed by atoms with Crippen LogP contribution in [0.15, 0.2) is 52.4 Å². The molecule has 1 aromatic heterocycles. The highest BCUT2D eigenvalue weighted by Crippen LogP contribution is 2.27. The van der Waals surface area contributed by atoms with Gasteiger partial charge in [0, 0.05) is 13.6 Å². The van der Waals surface area contributed by atoms with Gasteiger partial charge in [0.1, 0.15) is 11.8 Å². The molecule has 0 spiro atoms. The summed E-state index contributed by atoms with van der Waals surface area (Å²) < 4.78 is 35.9. The minimum Gasteiger partial charge on any atom is -0.494 e. The summed E-state index contributed by atoms with van der Waals surface area (Å²) in [4.78, 5) is 18.1. The van der Waals surface area contributed by atoms with Gasteiger partial charge >= 0.3 is 0 Å². The maximum Gasteiger partial charge on any atom is 0.266 e. The topological polar surface area (TPSA) is 81.0 Å². The van der Waals surface area contributed by atoms with Crippen LogP contribution in [0.5, 0.6) is 5.75 Å². The van der Waals surface area contributed by atoms with Gasteiger partial charge in [0.2, 0.25) is 10.0 Å². The molecule has 9 heteroatoms. The molecular formula is C22H25N3O4S2. The van der Waals surface area contributed by atoms with Crippen molar-refractivity contribution in [1.29, 1.82) is 0 Å². The summed E-state index contributed by atoms with van der Waals surface area (Å²) in [6.07, 6.45) is 1.10. The van der Waals surface area contributed by atoms with E-state index in [0.29, 0.717) is 30.8 Å². The lowest BCUT2D eigenvalue weighted by molar-refractivity contribution is -0.121. The van der Waals surface area contributed by atoms with Crippen molar-refractivity contribution in [2.75, 3.05) is 13.2 Å². The molecule has 1 saturated heterocycles. The molecule has 1 aliphatic heterocycles. The summed E-state index contributed by atoms with van der Waals surface area (Å²) in [6, 6.07) is 11.7. The fourth-order valence-corrected chi connectivity index (χ4v) is 6.47. The minimum absolute atomic E-state index is 0.202. The first kappa shape index (κ1) is 21.7. The number of hydrogen-bond acceptors (Lipinski definition) is 5. The molecule has 7 nitrogen and oxygen atoms in total. The number of fused-ring (bicyclic) bond motifs is 1. The number of nitrogens with zero attached hydrogens (tertiary/aromatic N) is 3. The van der Waals surface area contributed by atoms with E-state index in [0.717, 1.165) is 21.5 Å². The summed E-state index contributed by atoms with van der Waals surface area (Å²) in [5, 5.41) is 0. The van der Waals surface area contributed by atoms with Crippen LogP contribution in [0.2, 0.25) is 0 Å². The molecule has 3 aromatic rings. The van der Waals surface area contributed by atoms with Crippen LogP contribution in [0, 0.1) is 6.92 Å². The second kappa shape index (κ2) is 8.57. The summed E-state index contributed by atoms with van der Waals surface area (Å²) in [5.41, 5.74) is 1.92. The predicted molar refractivity (Wildman–Crippen MR) is 121 cm³/mol. The molecule has 0 bridgehead atoms. The smallest absolute Gasteiger partial charge is 0.266 e. The summed E-state index contributed by atoms with van der Waals surface area (Å²) >= 11 is 1.39. The van der Waals surface area contributed by atoms with Crippen molar-refractivity contribution >= 4 is 37.5 Å². The first-order valence-corrected chi connectivity index (χ1v) is 12.5. The Morgan fingerprint density at radius 3 is 2.68 bits per heavy atom. The van der Waals surface area contributed by atoms with Gasteiger partial charge in [0.05, 0.1) is 21.7 Å². The van der Waals surface area contributed by atoms with E-state index in [9.17, 15) is 13.2 Å². The van der Waals surface area contributed by atoms with E-state index in [1.165, 1.54) is 15.6 Å². The maximum atomic E-state index is 13.1. The van der Waals surface area contributed by atoms with Gasteiger partial charge < -0.3 is 9.30 Å². The number of benzene rings is 2. The van der Waals surface area contributed by atoms with E-state index in [-0.39, 0.29) is 4.90 Å². The highest BCUT2D eigenvalue weighted by atomic mass is 32.2. The summed E-state index contributed by atoms with van der Waals surface area (Å²) in [6.45, 7) is 4.72. The molecule has 1 atom stereocenters. The van der Waals surface area contributed by atoms with E-state index < -0.39 is 22.0 Å². The molecule has 1 aliphatic rings. The zero-order valence-electron chi connectivity index (χ0n) is 17.7. The highest BCUT2D eigenvalue weighted by molar-refractivity contribution is 7.89. The Bertz CT molecular complexity index is 1290. The number of aromatic nitrogens is 1. The zero-order valence-corrected chi connectivity index (χ0v) is 19.4. The molecule has 0 saturated carbocycles. The Morgan fingerprint density at radius 1 is 1.23 bits per heavy atom. The van der Waals surface area contributed by atoms with Crippen molar-refractivity contribution in [3.63, 3.8) is 0 Å². The van der Waals surface area contributed by atoms with E-state index in [4.69, 9.17) is 4.74 Å². The molecule has 1 fully saturated rings. The second-order valence-electron chi connectivity index (χ2n) is 7.54. The van der Waals surface area contributed by atoms with E-state index in [1.807, 2.05) is 43.7 Å². The largest absolute Gasteiger partial charge is 0.494 e. The Labute approximate surface area is 185 Å². The van der Waals surface area contributed by atoms with Crippen LogP contribution in [0.3, 0.4) is 0 Å². The van der Waals surface area contributed by atoms with Gasteiger partial charge in [-0.1, -0.05) is 29.0 Å². The molecule has 164 valence electrons. The van der Waals surface area contributed by atoms with Crippen molar-refractivity contribution in [3.8, 4) is 5.75 Å². The lowest BCUT2D eigenvalue weighted by atomic mass is 10.2. The van der Waals surface area contributed by atoms with Gasteiger partial charge in [-0.15, -0.1) is 0 Å². The van der Waals surface area contributed by atoms with Gasteiger partial charge in [0.15, 0.2) is 4.80 Å². The Hall–Kier alpha value is -2.49. The van der Waals surface area contributed by atoms with Crippen LogP contribution < -0.4 is 9.54 Å². The molecule has 2 aromatic carbocycles. The number of amides is 1. The van der Waals surface area contributed by atoms with Crippen LogP contribution in [0.1, 0.15) is 25.3 Å². The average molecular weight is 460 g/mol. The van der Waals surface area contributed by atoms with Crippen molar-refractivity contribution in [3.05, 3.63) is 52.8 Å². The minimum atomic E-state index is -3.76. The van der Waals surface area contributed by atoms with Crippen LogP contribution >= 0.6 is 11.3 Å². The van der Waals surface area contributed by atoms with Crippen LogP contribution in [-0.2, 0) is 21.9 Å². The van der Waals surface area contributed by atoms with E-state index in [2.05, 4.69) is 4.99 Å². The molecule has 31 heavy (non-hydrogen) atoms. The van der Waals surface area contributed by atoms with Crippen molar-refractivity contribution < 1.29 is 17.9 Å². The standard InChI is InChI=1S/C22H25N3O4S2/c1-4-29-16-9-12-18-20(14-16)30-22(24(18)3)23-21(26)19-6-5-13-25(19)31(27,28)17-10-7-15(2)8-11-17/h7-12,14,19H,4-6,13H2,1-3H3. The molecule has 0 aliphatic carbocycles. The lowest BCUT2D eigenvalue weighted by Gasteiger charge is -2.21. The second-order valence-corrected chi connectivity index (χ2v) is 10.4. The molecule has 0 radical (unpaired) electrons. The first-order valence-electron chi connectivity index (χ1n) is 10.2. The van der Waals surface area contributed by atoms with E-state index >= 15 is 0 Å². The summed E-state index contributed by atoms with van der Waals surface area (Å²) in [7, 11) is -1.91.